The number of benzene rings is 2. The lowest BCUT2D eigenvalue weighted by Gasteiger charge is -2.13. The molecule has 0 aliphatic heterocycles. The van der Waals surface area contributed by atoms with Gasteiger partial charge in [0.15, 0.2) is 0 Å². The minimum atomic E-state index is -1.33. The third-order valence-electron chi connectivity index (χ3n) is 2.54. The largest absolute Gasteiger partial charge is 0.461 e. The van der Waals surface area contributed by atoms with Crippen molar-refractivity contribution < 1.29 is 9.13 Å². The third-order valence-corrected chi connectivity index (χ3v) is 3.05. The summed E-state index contributed by atoms with van der Waals surface area (Å²) in [6.45, 7) is 1.35. The first-order valence-corrected chi connectivity index (χ1v) is 6.20. The van der Waals surface area contributed by atoms with Gasteiger partial charge in [-0.05, 0) is 23.3 Å². The molecule has 0 bridgehead atoms. The van der Waals surface area contributed by atoms with Crippen molar-refractivity contribution in [3.05, 3.63) is 65.7 Å². The zero-order chi connectivity index (χ0) is 13.0. The van der Waals surface area contributed by atoms with Crippen molar-refractivity contribution in [2.75, 3.05) is 0 Å². The van der Waals surface area contributed by atoms with Gasteiger partial charge in [-0.25, -0.2) is 4.39 Å². The van der Waals surface area contributed by atoms with Crippen LogP contribution in [0.4, 0.5) is 4.39 Å². The molecule has 0 heterocycles. The molecular weight excluding hydrogens is 251 g/mol. The molecule has 0 N–H and O–H groups in total. The molecule has 1 nitrogen and oxygen atoms in total. The first-order chi connectivity index (χ1) is 8.66. The topological polar surface area (TPSA) is 9.23 Å². The van der Waals surface area contributed by atoms with Gasteiger partial charge in [0.1, 0.15) is 5.75 Å². The fraction of sp³-hybridized carbons (Fsp3) is 0.200. The molecule has 2 unspecified atom stereocenters. The molecule has 18 heavy (non-hydrogen) atoms. The molecule has 0 saturated carbocycles. The van der Waals surface area contributed by atoms with Gasteiger partial charge >= 0.3 is 0 Å². The molecule has 0 amide bonds. The highest BCUT2D eigenvalue weighted by Crippen LogP contribution is 2.30. The van der Waals surface area contributed by atoms with Crippen molar-refractivity contribution in [3.8, 4) is 5.75 Å². The Morgan fingerprint density at radius 1 is 1.00 bits per heavy atom. The summed E-state index contributed by atoms with van der Waals surface area (Å²) in [5.74, 6) is 0.490. The lowest BCUT2D eigenvalue weighted by atomic mass is 10.0. The predicted molar refractivity (Wildman–Crippen MR) is 71.8 cm³/mol. The van der Waals surface area contributed by atoms with Crippen LogP contribution >= 0.6 is 11.6 Å². The number of halogens is 2. The standard InChI is InChI=1S/C15H14ClFO/c1-11(17)18-14-9-5-8-13(10-14)15(16)12-6-3-2-4-7-12/h2-11,15H,1H3. The van der Waals surface area contributed by atoms with Crippen LogP contribution in [-0.2, 0) is 0 Å². The smallest absolute Gasteiger partial charge is 0.235 e. The zero-order valence-corrected chi connectivity index (χ0v) is 10.8. The molecule has 2 atom stereocenters. The van der Waals surface area contributed by atoms with E-state index in [1.165, 1.54) is 6.92 Å². The van der Waals surface area contributed by atoms with Crippen LogP contribution in [0, 0.1) is 0 Å². The summed E-state index contributed by atoms with van der Waals surface area (Å²) in [5, 5.41) is -0.260. The summed E-state index contributed by atoms with van der Waals surface area (Å²) < 4.78 is 17.8. The maximum Gasteiger partial charge on any atom is 0.235 e. The van der Waals surface area contributed by atoms with Gasteiger partial charge in [0.25, 0.3) is 0 Å². The Hall–Kier alpha value is -1.54. The quantitative estimate of drug-likeness (QED) is 0.727. The monoisotopic (exact) mass is 264 g/mol. The second-order valence-electron chi connectivity index (χ2n) is 4.01. The first kappa shape index (κ1) is 12.9. The Morgan fingerprint density at radius 2 is 1.67 bits per heavy atom. The Balaban J connectivity index is 2.23. The van der Waals surface area contributed by atoms with E-state index in [9.17, 15) is 4.39 Å². The van der Waals surface area contributed by atoms with Gasteiger partial charge in [-0.2, -0.15) is 0 Å². The lowest BCUT2D eigenvalue weighted by molar-refractivity contribution is 0.0860. The Morgan fingerprint density at radius 3 is 2.33 bits per heavy atom. The molecule has 2 aromatic carbocycles. The van der Waals surface area contributed by atoms with E-state index in [-0.39, 0.29) is 5.38 Å². The van der Waals surface area contributed by atoms with Crippen molar-refractivity contribution in [3.63, 3.8) is 0 Å². The van der Waals surface area contributed by atoms with Crippen LogP contribution in [0.15, 0.2) is 54.6 Å². The van der Waals surface area contributed by atoms with E-state index in [1.54, 1.807) is 12.1 Å². The second kappa shape index (κ2) is 5.87. The highest BCUT2D eigenvalue weighted by molar-refractivity contribution is 6.22. The summed E-state index contributed by atoms with van der Waals surface area (Å²) in [7, 11) is 0. The molecule has 3 heteroatoms. The molecule has 2 rings (SSSR count). The van der Waals surface area contributed by atoms with Crippen molar-refractivity contribution in [2.24, 2.45) is 0 Å². The number of ether oxygens (including phenoxy) is 1. The average Bonchev–Trinajstić information content (AvgIpc) is 2.38. The van der Waals surface area contributed by atoms with Crippen LogP contribution in [0.2, 0.25) is 0 Å². The summed E-state index contributed by atoms with van der Waals surface area (Å²) in [4.78, 5) is 0. The summed E-state index contributed by atoms with van der Waals surface area (Å²) in [6.07, 6.45) is -1.33. The minimum absolute atomic E-state index is 0.260. The Kier molecular flexibility index (Phi) is 4.21. The van der Waals surface area contributed by atoms with Gasteiger partial charge in [0.2, 0.25) is 6.36 Å². The van der Waals surface area contributed by atoms with Crippen LogP contribution in [0.5, 0.6) is 5.75 Å². The average molecular weight is 265 g/mol. The fourth-order valence-corrected chi connectivity index (χ4v) is 2.03. The van der Waals surface area contributed by atoms with Gasteiger partial charge in [0, 0.05) is 6.92 Å². The highest BCUT2D eigenvalue weighted by Gasteiger charge is 2.11. The molecule has 0 spiro atoms. The normalized spacial score (nSPS) is 13.9. The van der Waals surface area contributed by atoms with E-state index >= 15 is 0 Å². The van der Waals surface area contributed by atoms with E-state index in [0.29, 0.717) is 5.75 Å². The van der Waals surface area contributed by atoms with Gasteiger partial charge in [-0.1, -0.05) is 42.5 Å². The summed E-state index contributed by atoms with van der Waals surface area (Å²) in [5.41, 5.74) is 1.89. The molecule has 2 aromatic rings. The van der Waals surface area contributed by atoms with E-state index in [4.69, 9.17) is 16.3 Å². The van der Waals surface area contributed by atoms with Crippen molar-refractivity contribution in [1.29, 1.82) is 0 Å². The third kappa shape index (κ3) is 3.23. The maximum absolute atomic E-state index is 12.8. The van der Waals surface area contributed by atoms with E-state index in [1.807, 2.05) is 42.5 Å². The number of rotatable bonds is 4. The second-order valence-corrected chi connectivity index (χ2v) is 4.44. The number of hydrogen-bond donors (Lipinski definition) is 0. The van der Waals surface area contributed by atoms with Crippen molar-refractivity contribution >= 4 is 11.6 Å². The predicted octanol–water partition coefficient (Wildman–Crippen LogP) is 4.71. The lowest BCUT2D eigenvalue weighted by Crippen LogP contribution is -2.04. The van der Waals surface area contributed by atoms with Crippen LogP contribution in [0.1, 0.15) is 23.4 Å². The van der Waals surface area contributed by atoms with Gasteiger partial charge < -0.3 is 4.74 Å². The minimum Gasteiger partial charge on any atom is -0.461 e. The Labute approximate surface area is 111 Å². The fourth-order valence-electron chi connectivity index (χ4n) is 1.75. The molecule has 0 aromatic heterocycles. The maximum atomic E-state index is 12.8. The van der Waals surface area contributed by atoms with Crippen LogP contribution in [0.25, 0.3) is 0 Å². The van der Waals surface area contributed by atoms with Crippen LogP contribution < -0.4 is 4.74 Å². The number of alkyl halides is 2. The number of hydrogen-bond acceptors (Lipinski definition) is 1. The van der Waals surface area contributed by atoms with Crippen LogP contribution in [-0.4, -0.2) is 6.36 Å². The van der Waals surface area contributed by atoms with Crippen molar-refractivity contribution in [1.82, 2.24) is 0 Å². The van der Waals surface area contributed by atoms with Gasteiger partial charge in [-0.15, -0.1) is 11.6 Å². The Bertz CT molecular complexity index is 499. The SMILES string of the molecule is CC(F)Oc1cccc(C(Cl)c2ccccc2)c1. The molecule has 0 fully saturated rings. The van der Waals surface area contributed by atoms with E-state index in [2.05, 4.69) is 0 Å². The van der Waals surface area contributed by atoms with E-state index < -0.39 is 6.36 Å². The van der Waals surface area contributed by atoms with Crippen LogP contribution in [0.3, 0.4) is 0 Å². The van der Waals surface area contributed by atoms with Gasteiger partial charge in [-0.3, -0.25) is 0 Å². The summed E-state index contributed by atoms with van der Waals surface area (Å²) >= 11 is 6.39. The highest BCUT2D eigenvalue weighted by atomic mass is 35.5. The first-order valence-electron chi connectivity index (χ1n) is 5.76. The zero-order valence-electron chi connectivity index (χ0n) is 10.0. The molecule has 0 aliphatic carbocycles. The molecular formula is C15H14ClFO. The van der Waals surface area contributed by atoms with Crippen molar-refractivity contribution in [2.45, 2.75) is 18.7 Å². The van der Waals surface area contributed by atoms with Gasteiger partial charge in [0.05, 0.1) is 5.38 Å². The van der Waals surface area contributed by atoms with E-state index in [0.717, 1.165) is 11.1 Å². The molecule has 0 aliphatic rings. The molecule has 94 valence electrons. The molecule has 0 radical (unpaired) electrons. The summed E-state index contributed by atoms with van der Waals surface area (Å²) in [6, 6.07) is 16.9. The molecule has 0 saturated heterocycles.